The van der Waals surface area contributed by atoms with Gasteiger partial charge in [0.15, 0.2) is 0 Å². The van der Waals surface area contributed by atoms with Crippen molar-refractivity contribution in [1.29, 1.82) is 0 Å². The predicted molar refractivity (Wildman–Crippen MR) is 77.3 cm³/mol. The molecule has 2 nitrogen and oxygen atoms in total. The first-order valence-electron chi connectivity index (χ1n) is 5.98. The minimum atomic E-state index is 0.428. The molecule has 0 N–H and O–H groups in total. The molecule has 0 saturated carbocycles. The highest BCUT2D eigenvalue weighted by Crippen LogP contribution is 2.30. The molecular formula is C15H16BrNO. The minimum absolute atomic E-state index is 0.428. The van der Waals surface area contributed by atoms with Gasteiger partial charge in [0.25, 0.3) is 0 Å². The molecule has 0 atom stereocenters. The van der Waals surface area contributed by atoms with Gasteiger partial charge in [-0.25, -0.2) is 4.98 Å². The van der Waals surface area contributed by atoms with Gasteiger partial charge in [-0.2, -0.15) is 0 Å². The average Bonchev–Trinajstić information content (AvgIpc) is 2.34. The number of para-hydroxylation sites is 1. The molecule has 0 radical (unpaired) electrons. The summed E-state index contributed by atoms with van der Waals surface area (Å²) < 4.78 is 6.87. The van der Waals surface area contributed by atoms with Crippen LogP contribution in [0.4, 0.5) is 0 Å². The number of aromatic nitrogens is 1. The van der Waals surface area contributed by atoms with Gasteiger partial charge in [0.1, 0.15) is 5.75 Å². The Kier molecular flexibility index (Phi) is 4.02. The number of benzene rings is 1. The molecule has 2 aromatic rings. The molecule has 0 fully saturated rings. The van der Waals surface area contributed by atoms with Gasteiger partial charge in [0.2, 0.25) is 5.88 Å². The quantitative estimate of drug-likeness (QED) is 0.790. The second kappa shape index (κ2) is 5.53. The number of pyridine rings is 1. The van der Waals surface area contributed by atoms with Crippen LogP contribution in [0.3, 0.4) is 0 Å². The highest BCUT2D eigenvalue weighted by molar-refractivity contribution is 9.10. The lowest BCUT2D eigenvalue weighted by Crippen LogP contribution is -1.95. The summed E-state index contributed by atoms with van der Waals surface area (Å²) in [6.07, 6.45) is 0. The van der Waals surface area contributed by atoms with Crippen molar-refractivity contribution in [3.63, 3.8) is 0 Å². The minimum Gasteiger partial charge on any atom is -0.439 e. The number of rotatable bonds is 3. The fraction of sp³-hybridized carbons (Fsp3) is 0.267. The summed E-state index contributed by atoms with van der Waals surface area (Å²) in [5, 5.41) is 0. The van der Waals surface area contributed by atoms with Gasteiger partial charge in [-0.1, -0.05) is 32.0 Å². The first kappa shape index (κ1) is 13.1. The third-order valence-corrected chi connectivity index (χ3v) is 3.59. The molecule has 2 rings (SSSR count). The summed E-state index contributed by atoms with van der Waals surface area (Å²) in [4.78, 5) is 4.40. The lowest BCUT2D eigenvalue weighted by atomic mass is 10.0. The molecule has 18 heavy (non-hydrogen) atoms. The number of nitrogens with zero attached hydrogens (tertiary/aromatic N) is 1. The van der Waals surface area contributed by atoms with Crippen molar-refractivity contribution in [2.45, 2.75) is 26.7 Å². The molecule has 0 unspecified atom stereocenters. The molecule has 0 aliphatic heterocycles. The van der Waals surface area contributed by atoms with E-state index in [4.69, 9.17) is 4.74 Å². The average molecular weight is 306 g/mol. The van der Waals surface area contributed by atoms with Crippen LogP contribution in [0.5, 0.6) is 11.6 Å². The van der Waals surface area contributed by atoms with E-state index >= 15 is 0 Å². The van der Waals surface area contributed by atoms with Crippen molar-refractivity contribution in [2.75, 3.05) is 0 Å². The highest BCUT2D eigenvalue weighted by atomic mass is 79.9. The third-order valence-electron chi connectivity index (χ3n) is 2.75. The highest BCUT2D eigenvalue weighted by Gasteiger charge is 2.09. The van der Waals surface area contributed by atoms with Gasteiger partial charge in [0.05, 0.1) is 5.69 Å². The normalized spacial score (nSPS) is 10.7. The Labute approximate surface area is 116 Å². The molecule has 0 aliphatic rings. The summed E-state index contributed by atoms with van der Waals surface area (Å²) in [5.74, 6) is 1.93. The fourth-order valence-electron chi connectivity index (χ4n) is 1.74. The maximum atomic E-state index is 5.87. The third kappa shape index (κ3) is 2.91. The van der Waals surface area contributed by atoms with Crippen molar-refractivity contribution in [3.8, 4) is 11.6 Å². The number of hydrogen-bond donors (Lipinski definition) is 0. The van der Waals surface area contributed by atoms with E-state index in [0.29, 0.717) is 11.8 Å². The number of hydrogen-bond acceptors (Lipinski definition) is 2. The lowest BCUT2D eigenvalue weighted by Gasteiger charge is -2.13. The first-order valence-corrected chi connectivity index (χ1v) is 6.77. The largest absolute Gasteiger partial charge is 0.439 e. The van der Waals surface area contributed by atoms with Crippen LogP contribution < -0.4 is 4.74 Å². The standard InChI is InChI=1S/C15H16BrNO/c1-10(2)12-6-4-5-7-14(12)18-15-9-8-13(16)11(3)17-15/h4-10H,1-3H3. The molecule has 0 saturated heterocycles. The molecule has 94 valence electrons. The smallest absolute Gasteiger partial charge is 0.219 e. The SMILES string of the molecule is Cc1nc(Oc2ccccc2C(C)C)ccc1Br. The van der Waals surface area contributed by atoms with Crippen LogP contribution in [-0.4, -0.2) is 4.98 Å². The van der Waals surface area contributed by atoms with Crippen molar-refractivity contribution in [1.82, 2.24) is 4.98 Å². The predicted octanol–water partition coefficient (Wildman–Crippen LogP) is 5.07. The molecule has 0 spiro atoms. The first-order chi connectivity index (χ1) is 8.58. The van der Waals surface area contributed by atoms with E-state index < -0.39 is 0 Å². The summed E-state index contributed by atoms with van der Waals surface area (Å²) in [6, 6.07) is 11.9. The number of ether oxygens (including phenoxy) is 1. The zero-order valence-electron chi connectivity index (χ0n) is 10.8. The van der Waals surface area contributed by atoms with E-state index in [0.717, 1.165) is 15.9 Å². The Morgan fingerprint density at radius 2 is 1.83 bits per heavy atom. The van der Waals surface area contributed by atoms with Gasteiger partial charge in [-0.3, -0.25) is 0 Å². The number of halogens is 1. The lowest BCUT2D eigenvalue weighted by molar-refractivity contribution is 0.453. The molecule has 0 aliphatic carbocycles. The summed E-state index contributed by atoms with van der Waals surface area (Å²) in [5.41, 5.74) is 2.12. The second-order valence-corrected chi connectivity index (χ2v) is 5.37. The van der Waals surface area contributed by atoms with Gasteiger partial charge in [0, 0.05) is 10.5 Å². The van der Waals surface area contributed by atoms with Crippen LogP contribution in [0.1, 0.15) is 31.0 Å². The molecule has 0 amide bonds. The van der Waals surface area contributed by atoms with Gasteiger partial charge in [-0.15, -0.1) is 0 Å². The van der Waals surface area contributed by atoms with Crippen LogP contribution in [0.15, 0.2) is 40.9 Å². The Hall–Kier alpha value is -1.35. The zero-order chi connectivity index (χ0) is 13.1. The number of aryl methyl sites for hydroxylation is 1. The monoisotopic (exact) mass is 305 g/mol. The molecular weight excluding hydrogens is 290 g/mol. The van der Waals surface area contributed by atoms with E-state index in [1.165, 1.54) is 5.56 Å². The molecule has 0 bridgehead atoms. The van der Waals surface area contributed by atoms with Crippen molar-refractivity contribution >= 4 is 15.9 Å². The topological polar surface area (TPSA) is 22.1 Å². The van der Waals surface area contributed by atoms with Gasteiger partial charge < -0.3 is 4.74 Å². The Balaban J connectivity index is 2.31. The van der Waals surface area contributed by atoms with Crippen molar-refractivity contribution in [3.05, 3.63) is 52.1 Å². The van der Waals surface area contributed by atoms with Crippen molar-refractivity contribution in [2.24, 2.45) is 0 Å². The van der Waals surface area contributed by atoms with Crippen LogP contribution in [0.2, 0.25) is 0 Å². The Morgan fingerprint density at radius 1 is 1.11 bits per heavy atom. The Morgan fingerprint density at radius 3 is 2.50 bits per heavy atom. The van der Waals surface area contributed by atoms with Crippen LogP contribution in [0.25, 0.3) is 0 Å². The summed E-state index contributed by atoms with van der Waals surface area (Å²) in [6.45, 7) is 6.26. The molecule has 1 aromatic carbocycles. The summed E-state index contributed by atoms with van der Waals surface area (Å²) >= 11 is 3.43. The van der Waals surface area contributed by atoms with Crippen LogP contribution in [0, 0.1) is 6.92 Å². The molecule has 1 aromatic heterocycles. The van der Waals surface area contributed by atoms with E-state index in [1.807, 2.05) is 37.3 Å². The van der Waals surface area contributed by atoms with E-state index in [2.05, 4.69) is 40.8 Å². The zero-order valence-corrected chi connectivity index (χ0v) is 12.4. The maximum absolute atomic E-state index is 5.87. The van der Waals surface area contributed by atoms with Crippen LogP contribution in [-0.2, 0) is 0 Å². The second-order valence-electron chi connectivity index (χ2n) is 4.51. The van der Waals surface area contributed by atoms with Gasteiger partial charge >= 0.3 is 0 Å². The van der Waals surface area contributed by atoms with Gasteiger partial charge in [-0.05, 0) is 46.5 Å². The Bertz CT molecular complexity index is 552. The van der Waals surface area contributed by atoms with E-state index in [9.17, 15) is 0 Å². The van der Waals surface area contributed by atoms with Crippen LogP contribution >= 0.6 is 15.9 Å². The maximum Gasteiger partial charge on any atom is 0.219 e. The summed E-state index contributed by atoms with van der Waals surface area (Å²) in [7, 11) is 0. The van der Waals surface area contributed by atoms with Crippen molar-refractivity contribution < 1.29 is 4.74 Å². The molecule has 1 heterocycles. The fourth-order valence-corrected chi connectivity index (χ4v) is 1.96. The molecule has 3 heteroatoms. The van der Waals surface area contributed by atoms with E-state index in [-0.39, 0.29) is 0 Å². The van der Waals surface area contributed by atoms with E-state index in [1.54, 1.807) is 0 Å².